The molecule has 21 heteroatoms. The number of piperidine rings is 2. The number of nitrogens with zero attached hydrogens (tertiary/aromatic N) is 4. The van der Waals surface area contributed by atoms with E-state index in [1.165, 1.54) is 19.1 Å². The lowest BCUT2D eigenvalue weighted by atomic mass is 10.0. The van der Waals surface area contributed by atoms with Gasteiger partial charge in [-0.25, -0.2) is 24.5 Å². The number of pyridine rings is 3. The standard InChI is InChI=1S/C12H10ClN3O3.C8H7BrClNO2.C8H8ClNO2.C5H8N2O2.ClH/c13-8-3-1-6-5-16(12(19)10(6)14-8)7-2-4-9(17)15-11(7)18;1-13-8(12)7-5(4-9)2-3-6(10)11-7;1-5-3-4-6(9)10-7(5)8(11)12-2;6-3-1-2-4(8)7-5(3)9;/h1,3,7H,2,4-5H2,(H,15,17,18);2-3H,4H2,1H3;3-4H,1-2H3;3H,1-2,6H2,(H,7,8,9);1H. The number of halogens is 5. The predicted molar refractivity (Wildman–Crippen MR) is 201 cm³/mol. The summed E-state index contributed by atoms with van der Waals surface area (Å²) in [6, 6.07) is 8.96. The number of nitrogens with two attached hydrogens (primary N) is 1. The lowest BCUT2D eigenvalue weighted by Crippen LogP contribution is -2.52. The summed E-state index contributed by atoms with van der Waals surface area (Å²) in [5.41, 5.74) is 8.36. The zero-order chi connectivity index (χ0) is 39.4. The molecule has 0 aliphatic carbocycles. The third-order valence-corrected chi connectivity index (χ3v) is 8.76. The summed E-state index contributed by atoms with van der Waals surface area (Å²) in [6.07, 6.45) is 1.43. The van der Waals surface area contributed by atoms with Crippen LogP contribution in [0.5, 0.6) is 0 Å². The second kappa shape index (κ2) is 21.6. The minimum absolute atomic E-state index is 0. The molecule has 5 amide bonds. The highest BCUT2D eigenvalue weighted by molar-refractivity contribution is 9.08. The minimum atomic E-state index is -0.613. The molecule has 290 valence electrons. The topological polar surface area (TPSA) is 230 Å². The molecular formula is C33H34BrCl4N7O9. The molecule has 4 N–H and O–H groups in total. The first-order chi connectivity index (χ1) is 25.1. The highest BCUT2D eigenvalue weighted by Gasteiger charge is 2.39. The molecule has 6 rings (SSSR count). The molecule has 3 aliphatic rings. The van der Waals surface area contributed by atoms with Gasteiger partial charge >= 0.3 is 11.9 Å². The smallest absolute Gasteiger partial charge is 0.357 e. The van der Waals surface area contributed by atoms with E-state index in [-0.39, 0.29) is 69.8 Å². The van der Waals surface area contributed by atoms with Crippen molar-refractivity contribution in [3.05, 3.63) is 85.6 Å². The highest BCUT2D eigenvalue weighted by Crippen LogP contribution is 2.27. The fourth-order valence-corrected chi connectivity index (χ4v) is 5.66. The summed E-state index contributed by atoms with van der Waals surface area (Å²) < 4.78 is 9.06. The summed E-state index contributed by atoms with van der Waals surface area (Å²) in [7, 11) is 2.62. The fraction of sp³-hybridized carbons (Fsp3) is 0.333. The van der Waals surface area contributed by atoms with E-state index in [1.807, 2.05) is 0 Å². The van der Waals surface area contributed by atoms with Crippen LogP contribution in [0.1, 0.15) is 73.8 Å². The maximum atomic E-state index is 12.2. The Morgan fingerprint density at radius 1 is 0.815 bits per heavy atom. The van der Waals surface area contributed by atoms with Crippen LogP contribution in [0, 0.1) is 6.92 Å². The van der Waals surface area contributed by atoms with E-state index in [1.54, 1.807) is 43.3 Å². The Bertz CT molecular complexity index is 1920. The summed E-state index contributed by atoms with van der Waals surface area (Å²) in [4.78, 5) is 91.5. The van der Waals surface area contributed by atoms with Crippen LogP contribution >= 0.6 is 63.1 Å². The van der Waals surface area contributed by atoms with Crippen molar-refractivity contribution in [2.24, 2.45) is 5.73 Å². The van der Waals surface area contributed by atoms with E-state index in [9.17, 15) is 33.6 Å². The number of nitrogens with one attached hydrogen (secondary N) is 2. The number of ether oxygens (including phenoxy) is 2. The van der Waals surface area contributed by atoms with Crippen LogP contribution in [-0.4, -0.2) is 87.6 Å². The van der Waals surface area contributed by atoms with Gasteiger partial charge in [0.25, 0.3) is 5.91 Å². The average molecular weight is 894 g/mol. The molecule has 0 bridgehead atoms. The van der Waals surface area contributed by atoms with Gasteiger partial charge < -0.3 is 20.1 Å². The lowest BCUT2D eigenvalue weighted by Gasteiger charge is -2.29. The molecule has 0 aromatic carbocycles. The number of methoxy groups -OCH3 is 2. The number of aromatic nitrogens is 3. The number of carbonyl (C=O) groups excluding carboxylic acids is 7. The molecular weight excluding hydrogens is 860 g/mol. The number of rotatable bonds is 4. The SMILES string of the molecule is COC(=O)c1nc(Cl)ccc1C.COC(=O)c1nc(Cl)ccc1CBr.Cl.NC1CCC(=O)NC1=O.O=C1CCC(N2Cc3ccc(Cl)nc3C2=O)C(=O)N1. The number of fused-ring (bicyclic) bond motifs is 1. The second-order valence-corrected chi connectivity index (χ2v) is 12.9. The van der Waals surface area contributed by atoms with Crippen LogP contribution in [0.3, 0.4) is 0 Å². The molecule has 0 radical (unpaired) electrons. The Hall–Kier alpha value is -4.26. The van der Waals surface area contributed by atoms with Crippen LogP contribution in [0.2, 0.25) is 15.5 Å². The van der Waals surface area contributed by atoms with Crippen LogP contribution < -0.4 is 16.4 Å². The molecule has 2 unspecified atom stereocenters. The number of amides is 5. The van der Waals surface area contributed by atoms with Gasteiger partial charge in [0.05, 0.1) is 20.3 Å². The van der Waals surface area contributed by atoms with Gasteiger partial charge in [0.1, 0.15) is 27.2 Å². The van der Waals surface area contributed by atoms with Crippen molar-refractivity contribution in [3.63, 3.8) is 0 Å². The highest BCUT2D eigenvalue weighted by atomic mass is 79.9. The van der Waals surface area contributed by atoms with Gasteiger partial charge in [-0.3, -0.25) is 34.6 Å². The maximum absolute atomic E-state index is 12.2. The zero-order valence-corrected chi connectivity index (χ0v) is 33.5. The normalized spacial score (nSPS) is 17.0. The molecule has 0 spiro atoms. The molecule has 6 heterocycles. The average Bonchev–Trinajstić information content (AvgIpc) is 3.45. The zero-order valence-electron chi connectivity index (χ0n) is 28.8. The molecule has 54 heavy (non-hydrogen) atoms. The van der Waals surface area contributed by atoms with Gasteiger partial charge in [-0.15, -0.1) is 12.4 Å². The van der Waals surface area contributed by atoms with Crippen LogP contribution in [0.25, 0.3) is 0 Å². The van der Waals surface area contributed by atoms with E-state index in [0.717, 1.165) is 16.7 Å². The molecule has 2 saturated heterocycles. The van der Waals surface area contributed by atoms with Gasteiger partial charge in [0, 0.05) is 30.3 Å². The Morgan fingerprint density at radius 2 is 1.33 bits per heavy atom. The van der Waals surface area contributed by atoms with E-state index >= 15 is 0 Å². The van der Waals surface area contributed by atoms with E-state index < -0.39 is 29.9 Å². The first-order valence-electron chi connectivity index (χ1n) is 15.5. The number of hydrogen-bond acceptors (Lipinski definition) is 13. The van der Waals surface area contributed by atoms with E-state index in [0.29, 0.717) is 36.3 Å². The van der Waals surface area contributed by atoms with E-state index in [4.69, 9.17) is 40.5 Å². The van der Waals surface area contributed by atoms with Crippen molar-refractivity contribution in [1.29, 1.82) is 0 Å². The first-order valence-corrected chi connectivity index (χ1v) is 17.8. The molecule has 3 aliphatic heterocycles. The number of carbonyl (C=O) groups is 7. The first kappa shape index (κ1) is 45.9. The summed E-state index contributed by atoms with van der Waals surface area (Å²) >= 11 is 20.2. The van der Waals surface area contributed by atoms with Crippen molar-refractivity contribution < 1.29 is 43.0 Å². The van der Waals surface area contributed by atoms with Gasteiger partial charge in [-0.1, -0.05) is 68.9 Å². The summed E-state index contributed by atoms with van der Waals surface area (Å²) in [6.45, 7) is 2.10. The monoisotopic (exact) mass is 891 g/mol. The summed E-state index contributed by atoms with van der Waals surface area (Å²) in [5.74, 6) is -2.55. The van der Waals surface area contributed by atoms with Crippen molar-refractivity contribution in [1.82, 2.24) is 30.5 Å². The van der Waals surface area contributed by atoms with Crippen LogP contribution in [-0.2, 0) is 40.5 Å². The molecule has 3 aromatic rings. The van der Waals surface area contributed by atoms with Crippen molar-refractivity contribution in [2.45, 2.75) is 56.6 Å². The number of alkyl halides is 1. The quantitative estimate of drug-likeness (QED) is 0.146. The molecule has 0 saturated carbocycles. The van der Waals surface area contributed by atoms with Crippen LogP contribution in [0.4, 0.5) is 0 Å². The maximum Gasteiger partial charge on any atom is 0.357 e. The van der Waals surface area contributed by atoms with Gasteiger partial charge in [0.15, 0.2) is 11.4 Å². The molecule has 2 fully saturated rings. The Labute approximate surface area is 338 Å². The van der Waals surface area contributed by atoms with Gasteiger partial charge in [0.2, 0.25) is 23.6 Å². The largest absolute Gasteiger partial charge is 0.464 e. The third kappa shape index (κ3) is 12.7. The molecule has 3 aromatic heterocycles. The third-order valence-electron chi connectivity index (χ3n) is 7.53. The van der Waals surface area contributed by atoms with Gasteiger partial charge in [-0.05, 0) is 49.1 Å². The Balaban J connectivity index is 0.000000257. The lowest BCUT2D eigenvalue weighted by molar-refractivity contribution is -0.137. The van der Waals surface area contributed by atoms with Gasteiger partial charge in [-0.2, -0.15) is 0 Å². The van der Waals surface area contributed by atoms with Crippen molar-refractivity contribution >= 4 is 105 Å². The predicted octanol–water partition coefficient (Wildman–Crippen LogP) is 3.91. The second-order valence-electron chi connectivity index (χ2n) is 11.2. The van der Waals surface area contributed by atoms with Crippen molar-refractivity contribution in [3.8, 4) is 0 Å². The number of hydrogen-bond donors (Lipinski definition) is 3. The van der Waals surface area contributed by atoms with E-state index in [2.05, 4.69) is 51.0 Å². The molecule has 2 atom stereocenters. The fourth-order valence-electron chi connectivity index (χ4n) is 4.76. The Kier molecular flexibility index (Phi) is 18.3. The van der Waals surface area contributed by atoms with Crippen LogP contribution in [0.15, 0.2) is 36.4 Å². The molecule has 16 nitrogen and oxygen atoms in total. The number of aryl methyl sites for hydroxylation is 1. The Morgan fingerprint density at radius 3 is 1.89 bits per heavy atom. The van der Waals surface area contributed by atoms with Crippen molar-refractivity contribution in [2.75, 3.05) is 14.2 Å². The summed E-state index contributed by atoms with van der Waals surface area (Å²) in [5, 5.41) is 5.74. The number of esters is 2. The minimum Gasteiger partial charge on any atom is -0.464 e. The number of imide groups is 2.